The third kappa shape index (κ3) is 5.45. The number of hydrogen-bond donors (Lipinski definition) is 2. The molecular formula is C19H30IN5. The van der Waals surface area contributed by atoms with E-state index in [1.807, 2.05) is 17.8 Å². The Morgan fingerprint density at radius 2 is 1.88 bits per heavy atom. The maximum atomic E-state index is 4.63. The minimum Gasteiger partial charge on any atom is -0.352 e. The Hall–Kier alpha value is -1.57. The van der Waals surface area contributed by atoms with Gasteiger partial charge in [0.2, 0.25) is 0 Å². The van der Waals surface area contributed by atoms with Crippen LogP contribution in [0.4, 0.5) is 0 Å². The third-order valence-electron chi connectivity index (χ3n) is 4.34. The molecule has 1 atom stereocenters. The highest BCUT2D eigenvalue weighted by Gasteiger charge is 2.14. The van der Waals surface area contributed by atoms with E-state index in [4.69, 9.17) is 0 Å². The first-order chi connectivity index (χ1) is 11.6. The molecule has 5 nitrogen and oxygen atoms in total. The lowest BCUT2D eigenvalue weighted by Crippen LogP contribution is -2.38. The van der Waals surface area contributed by atoms with Crippen molar-refractivity contribution in [1.29, 1.82) is 0 Å². The number of nitrogens with zero attached hydrogens (tertiary/aromatic N) is 3. The molecule has 2 N–H and O–H groups in total. The summed E-state index contributed by atoms with van der Waals surface area (Å²) in [6.45, 7) is 7.20. The molecule has 0 saturated carbocycles. The molecule has 2 aromatic rings. The number of benzene rings is 1. The number of aliphatic imine (C=N–C) groups is 1. The number of nitrogens with one attached hydrogen (secondary N) is 2. The molecule has 0 aliphatic carbocycles. The van der Waals surface area contributed by atoms with Gasteiger partial charge in [0.05, 0.1) is 11.7 Å². The summed E-state index contributed by atoms with van der Waals surface area (Å²) in [7, 11) is 3.82. The van der Waals surface area contributed by atoms with Crippen molar-refractivity contribution in [2.45, 2.75) is 46.2 Å². The smallest absolute Gasteiger partial charge is 0.191 e. The van der Waals surface area contributed by atoms with Gasteiger partial charge in [-0.15, -0.1) is 24.0 Å². The van der Waals surface area contributed by atoms with E-state index in [-0.39, 0.29) is 30.0 Å². The van der Waals surface area contributed by atoms with E-state index in [9.17, 15) is 0 Å². The number of hydrogen-bond acceptors (Lipinski definition) is 2. The second-order valence-corrected chi connectivity index (χ2v) is 5.91. The number of halogens is 1. The summed E-state index contributed by atoms with van der Waals surface area (Å²) in [5.74, 6) is 0.805. The van der Waals surface area contributed by atoms with Crippen LogP contribution in [0.1, 0.15) is 49.3 Å². The minimum atomic E-state index is 0. The van der Waals surface area contributed by atoms with E-state index in [1.165, 1.54) is 16.8 Å². The van der Waals surface area contributed by atoms with Gasteiger partial charge in [0.1, 0.15) is 0 Å². The molecular weight excluding hydrogens is 425 g/mol. The molecule has 0 amide bonds. The average Bonchev–Trinajstić information content (AvgIpc) is 2.93. The van der Waals surface area contributed by atoms with Gasteiger partial charge >= 0.3 is 0 Å². The summed E-state index contributed by atoms with van der Waals surface area (Å²) >= 11 is 0. The second-order valence-electron chi connectivity index (χ2n) is 5.91. The molecule has 1 unspecified atom stereocenters. The van der Waals surface area contributed by atoms with Crippen molar-refractivity contribution in [2.24, 2.45) is 12.0 Å². The summed E-state index contributed by atoms with van der Waals surface area (Å²) in [4.78, 5) is 4.35. The van der Waals surface area contributed by atoms with Crippen molar-refractivity contribution in [3.8, 4) is 0 Å². The standard InChI is InChI=1S/C19H29N5.HI/c1-6-17-16(18(7-2)24(5)23-17)13-21-19(20-4)22-14(3)15-11-9-8-10-12-15;/h8-12,14H,6-7,13H2,1-5H3,(H2,20,21,22);1H. The highest BCUT2D eigenvalue weighted by Crippen LogP contribution is 2.15. The van der Waals surface area contributed by atoms with Crippen molar-refractivity contribution < 1.29 is 0 Å². The fraction of sp³-hybridized carbons (Fsp3) is 0.474. The van der Waals surface area contributed by atoms with Crippen LogP contribution in [-0.4, -0.2) is 22.8 Å². The minimum absolute atomic E-state index is 0. The largest absolute Gasteiger partial charge is 0.352 e. The quantitative estimate of drug-likeness (QED) is 0.398. The molecule has 1 heterocycles. The van der Waals surface area contributed by atoms with Crippen LogP contribution in [0.25, 0.3) is 0 Å². The van der Waals surface area contributed by atoms with Crippen LogP contribution in [0.3, 0.4) is 0 Å². The first kappa shape index (κ1) is 21.5. The molecule has 1 aromatic carbocycles. The van der Waals surface area contributed by atoms with Gasteiger partial charge in [0.25, 0.3) is 0 Å². The SMILES string of the molecule is CCc1nn(C)c(CC)c1CNC(=NC)NC(C)c1ccccc1.I. The first-order valence-corrected chi connectivity index (χ1v) is 8.66. The van der Waals surface area contributed by atoms with Crippen LogP contribution in [0.5, 0.6) is 0 Å². The van der Waals surface area contributed by atoms with Crippen LogP contribution in [0, 0.1) is 0 Å². The van der Waals surface area contributed by atoms with Crippen molar-refractivity contribution >= 4 is 29.9 Å². The predicted molar refractivity (Wildman–Crippen MR) is 116 cm³/mol. The van der Waals surface area contributed by atoms with Crippen molar-refractivity contribution in [3.63, 3.8) is 0 Å². The number of rotatable bonds is 6. The van der Waals surface area contributed by atoms with Crippen LogP contribution in [-0.2, 0) is 26.4 Å². The second kappa shape index (κ2) is 10.4. The molecule has 138 valence electrons. The van der Waals surface area contributed by atoms with Crippen molar-refractivity contribution in [2.75, 3.05) is 7.05 Å². The molecule has 2 rings (SSSR count). The summed E-state index contributed by atoms with van der Waals surface area (Å²) in [5.41, 5.74) is 4.97. The van der Waals surface area contributed by atoms with E-state index < -0.39 is 0 Å². The molecule has 0 aliphatic rings. The highest BCUT2D eigenvalue weighted by atomic mass is 127. The van der Waals surface area contributed by atoms with Gasteiger partial charge in [-0.2, -0.15) is 5.10 Å². The molecule has 1 aromatic heterocycles. The summed E-state index contributed by atoms with van der Waals surface area (Å²) in [5, 5.41) is 11.5. The third-order valence-corrected chi connectivity index (χ3v) is 4.34. The zero-order chi connectivity index (χ0) is 17.5. The molecule has 0 fully saturated rings. The molecule has 0 aliphatic heterocycles. The normalized spacial score (nSPS) is 12.4. The average molecular weight is 455 g/mol. The molecule has 0 spiro atoms. The fourth-order valence-electron chi connectivity index (χ4n) is 2.99. The van der Waals surface area contributed by atoms with Crippen LogP contribution in [0.2, 0.25) is 0 Å². The highest BCUT2D eigenvalue weighted by molar-refractivity contribution is 14.0. The van der Waals surface area contributed by atoms with Gasteiger partial charge in [-0.05, 0) is 25.3 Å². The van der Waals surface area contributed by atoms with Crippen molar-refractivity contribution in [3.05, 3.63) is 52.8 Å². The predicted octanol–water partition coefficient (Wildman–Crippen LogP) is 3.59. The van der Waals surface area contributed by atoms with Gasteiger partial charge in [-0.3, -0.25) is 9.67 Å². The van der Waals surface area contributed by atoms with E-state index >= 15 is 0 Å². The lowest BCUT2D eigenvalue weighted by atomic mass is 10.1. The molecule has 0 saturated heterocycles. The van der Waals surface area contributed by atoms with Crippen LogP contribution in [0.15, 0.2) is 35.3 Å². The zero-order valence-corrected chi connectivity index (χ0v) is 18.2. The fourth-order valence-corrected chi connectivity index (χ4v) is 2.99. The topological polar surface area (TPSA) is 54.2 Å². The summed E-state index contributed by atoms with van der Waals surface area (Å²) in [6.07, 6.45) is 1.92. The monoisotopic (exact) mass is 455 g/mol. The Balaban J connectivity index is 0.00000312. The van der Waals surface area contributed by atoms with Gasteiger partial charge in [-0.1, -0.05) is 44.2 Å². The van der Waals surface area contributed by atoms with Crippen molar-refractivity contribution in [1.82, 2.24) is 20.4 Å². The van der Waals surface area contributed by atoms with Crippen LogP contribution < -0.4 is 10.6 Å². The lowest BCUT2D eigenvalue weighted by Gasteiger charge is -2.18. The Morgan fingerprint density at radius 1 is 1.20 bits per heavy atom. The number of guanidine groups is 1. The zero-order valence-electron chi connectivity index (χ0n) is 15.8. The van der Waals surface area contributed by atoms with Gasteiger partial charge in [-0.25, -0.2) is 0 Å². The van der Waals surface area contributed by atoms with Gasteiger partial charge in [0.15, 0.2) is 5.96 Å². The lowest BCUT2D eigenvalue weighted by molar-refractivity contribution is 0.681. The molecule has 0 radical (unpaired) electrons. The van der Waals surface area contributed by atoms with E-state index in [1.54, 1.807) is 7.05 Å². The Kier molecular flexibility index (Phi) is 8.96. The van der Waals surface area contributed by atoms with E-state index in [2.05, 4.69) is 65.8 Å². The maximum absolute atomic E-state index is 4.63. The molecule has 25 heavy (non-hydrogen) atoms. The Morgan fingerprint density at radius 3 is 2.44 bits per heavy atom. The Bertz CT molecular complexity index is 679. The van der Waals surface area contributed by atoms with E-state index in [0.29, 0.717) is 0 Å². The molecule has 6 heteroatoms. The number of aryl methyl sites for hydroxylation is 2. The van der Waals surface area contributed by atoms with E-state index in [0.717, 1.165) is 31.0 Å². The number of aromatic nitrogens is 2. The summed E-state index contributed by atoms with van der Waals surface area (Å²) < 4.78 is 2.00. The summed E-state index contributed by atoms with van der Waals surface area (Å²) in [6, 6.07) is 10.6. The maximum Gasteiger partial charge on any atom is 0.191 e. The molecule has 0 bridgehead atoms. The Labute approximate surface area is 168 Å². The van der Waals surface area contributed by atoms with Gasteiger partial charge in [0, 0.05) is 31.9 Å². The van der Waals surface area contributed by atoms with Gasteiger partial charge < -0.3 is 10.6 Å². The van der Waals surface area contributed by atoms with Crippen LogP contribution >= 0.6 is 24.0 Å². The first-order valence-electron chi connectivity index (χ1n) is 8.66.